The molecule has 206 valence electrons. The molecule has 1 aromatic carbocycles. The lowest BCUT2D eigenvalue weighted by molar-refractivity contribution is -0.146. The fourth-order valence-corrected chi connectivity index (χ4v) is 3.77. The van der Waals surface area contributed by atoms with Crippen molar-refractivity contribution >= 4 is 17.9 Å². The number of carbonyl (C=O) groups is 3. The van der Waals surface area contributed by atoms with Gasteiger partial charge in [0.1, 0.15) is 17.7 Å². The van der Waals surface area contributed by atoms with Gasteiger partial charge in [-0.05, 0) is 84.9 Å². The highest BCUT2D eigenvalue weighted by Gasteiger charge is 2.39. The molecule has 0 saturated heterocycles. The van der Waals surface area contributed by atoms with Crippen LogP contribution in [0.25, 0.3) is 0 Å². The first-order chi connectivity index (χ1) is 17.0. The summed E-state index contributed by atoms with van der Waals surface area (Å²) in [5.41, 5.74) is -0.135. The minimum atomic E-state index is -1.30. The zero-order chi connectivity index (χ0) is 28.6. The number of nitrogens with zero attached hydrogens (tertiary/aromatic N) is 1. The van der Waals surface area contributed by atoms with Gasteiger partial charge in [0.2, 0.25) is 11.8 Å². The molecule has 8 heteroatoms. The van der Waals surface area contributed by atoms with E-state index in [2.05, 4.69) is 30.4 Å². The van der Waals surface area contributed by atoms with Crippen molar-refractivity contribution in [1.82, 2.24) is 15.5 Å². The summed E-state index contributed by atoms with van der Waals surface area (Å²) in [5, 5.41) is 15.6. The van der Waals surface area contributed by atoms with E-state index in [1.54, 1.807) is 45.0 Å². The Balaban J connectivity index is 3.58. The summed E-state index contributed by atoms with van der Waals surface area (Å²) in [6, 6.07) is 4.20. The van der Waals surface area contributed by atoms with E-state index in [9.17, 15) is 19.5 Å². The second-order valence-corrected chi connectivity index (χ2v) is 11.9. The predicted molar refractivity (Wildman–Crippen MR) is 146 cm³/mol. The number of carbonyl (C=O) groups excluding carboxylic acids is 3. The highest BCUT2D eigenvalue weighted by atomic mass is 16.6. The fourth-order valence-electron chi connectivity index (χ4n) is 3.77. The maximum atomic E-state index is 14.0. The monoisotopic (exact) mass is 515 g/mol. The van der Waals surface area contributed by atoms with Crippen molar-refractivity contribution in [1.29, 1.82) is 0 Å². The molecule has 3 N–H and O–H groups in total. The van der Waals surface area contributed by atoms with E-state index < -0.39 is 41.8 Å². The molecule has 0 aromatic heterocycles. The summed E-state index contributed by atoms with van der Waals surface area (Å²) in [6.45, 7) is 16.1. The SMILES string of the molecule is C#Cc1ccc(C(C(=O)NC(C)(C)C)N(C(=O)C(CO)NC(=O)OC(C)(C)C)C(C)CCC(C)C)cc1. The molecule has 3 atom stereocenters. The Labute approximate surface area is 222 Å². The quantitative estimate of drug-likeness (QED) is 0.406. The van der Waals surface area contributed by atoms with E-state index in [1.165, 1.54) is 4.90 Å². The minimum absolute atomic E-state index is 0.375. The number of hydrogen-bond donors (Lipinski definition) is 3. The van der Waals surface area contributed by atoms with Crippen molar-refractivity contribution in [3.8, 4) is 12.3 Å². The Kier molecular flexibility index (Phi) is 11.7. The van der Waals surface area contributed by atoms with Crippen molar-refractivity contribution < 1.29 is 24.2 Å². The Hall–Kier alpha value is -3.05. The molecule has 0 aliphatic rings. The van der Waals surface area contributed by atoms with Gasteiger partial charge >= 0.3 is 6.09 Å². The summed E-state index contributed by atoms with van der Waals surface area (Å²) in [4.78, 5) is 41.6. The fraction of sp³-hybridized carbons (Fsp3) is 0.621. The van der Waals surface area contributed by atoms with Crippen LogP contribution in [0.15, 0.2) is 24.3 Å². The number of ether oxygens (including phenoxy) is 1. The van der Waals surface area contributed by atoms with Crippen LogP contribution in [-0.2, 0) is 14.3 Å². The summed E-state index contributed by atoms with van der Waals surface area (Å²) in [6.07, 6.45) is 6.13. The van der Waals surface area contributed by atoms with Crippen LogP contribution in [-0.4, -0.2) is 57.7 Å². The lowest BCUT2D eigenvalue weighted by Gasteiger charge is -2.39. The highest BCUT2D eigenvalue weighted by Crippen LogP contribution is 2.28. The Morgan fingerprint density at radius 2 is 1.59 bits per heavy atom. The maximum Gasteiger partial charge on any atom is 0.408 e. The van der Waals surface area contributed by atoms with Crippen LogP contribution >= 0.6 is 0 Å². The molecule has 0 heterocycles. The van der Waals surface area contributed by atoms with Crippen LogP contribution in [0.1, 0.15) is 92.3 Å². The summed E-state index contributed by atoms with van der Waals surface area (Å²) in [7, 11) is 0. The zero-order valence-electron chi connectivity index (χ0n) is 23.8. The molecule has 3 unspecified atom stereocenters. The molecular formula is C29H45N3O5. The molecule has 8 nitrogen and oxygen atoms in total. The minimum Gasteiger partial charge on any atom is -0.444 e. The van der Waals surface area contributed by atoms with Crippen molar-refractivity contribution in [2.75, 3.05) is 6.61 Å². The lowest BCUT2D eigenvalue weighted by Crippen LogP contribution is -2.57. The average Bonchev–Trinajstić information content (AvgIpc) is 2.76. The number of benzene rings is 1. The number of alkyl carbamates (subject to hydrolysis) is 1. The van der Waals surface area contributed by atoms with E-state index in [-0.39, 0.29) is 11.9 Å². The smallest absolute Gasteiger partial charge is 0.408 e. The second-order valence-electron chi connectivity index (χ2n) is 11.9. The van der Waals surface area contributed by atoms with Gasteiger partial charge in [0.25, 0.3) is 0 Å². The molecule has 37 heavy (non-hydrogen) atoms. The number of terminal acetylenes is 1. The van der Waals surface area contributed by atoms with Gasteiger partial charge < -0.3 is 25.4 Å². The number of amides is 3. The molecule has 0 bridgehead atoms. The van der Waals surface area contributed by atoms with E-state index in [1.807, 2.05) is 27.7 Å². The van der Waals surface area contributed by atoms with Crippen molar-refractivity contribution in [2.24, 2.45) is 5.92 Å². The molecule has 0 fully saturated rings. The standard InChI is InChI=1S/C29H45N3O5/c1-11-21-14-16-22(17-15-21)24(25(34)31-28(5,6)7)32(20(4)13-12-19(2)3)26(35)23(18-33)30-27(36)37-29(8,9)10/h1,14-17,19-20,23-24,33H,12-13,18H2,2-10H3,(H,30,36)(H,31,34). The van der Waals surface area contributed by atoms with Crippen LogP contribution < -0.4 is 10.6 Å². The van der Waals surface area contributed by atoms with Crippen molar-refractivity contribution in [2.45, 2.75) is 104 Å². The molecule has 1 rings (SSSR count). The zero-order valence-corrected chi connectivity index (χ0v) is 23.8. The van der Waals surface area contributed by atoms with Crippen LogP contribution in [0.2, 0.25) is 0 Å². The third kappa shape index (κ3) is 10.8. The van der Waals surface area contributed by atoms with Gasteiger partial charge in [0, 0.05) is 17.1 Å². The highest BCUT2D eigenvalue weighted by molar-refractivity contribution is 5.92. The number of aliphatic hydroxyl groups excluding tert-OH is 1. The average molecular weight is 516 g/mol. The van der Waals surface area contributed by atoms with Crippen molar-refractivity contribution in [3.05, 3.63) is 35.4 Å². The molecule has 3 amide bonds. The molecule has 1 aromatic rings. The summed E-state index contributed by atoms with van der Waals surface area (Å²) in [5.74, 6) is 1.98. The molecule has 0 radical (unpaired) electrons. The Morgan fingerprint density at radius 1 is 1.03 bits per heavy atom. The van der Waals surface area contributed by atoms with Gasteiger partial charge in [-0.3, -0.25) is 9.59 Å². The van der Waals surface area contributed by atoms with Gasteiger partial charge in [-0.2, -0.15) is 0 Å². The summed E-state index contributed by atoms with van der Waals surface area (Å²) >= 11 is 0. The van der Waals surface area contributed by atoms with Gasteiger partial charge in [-0.15, -0.1) is 6.42 Å². The normalized spacial score (nSPS) is 14.2. The topological polar surface area (TPSA) is 108 Å². The molecule has 0 saturated carbocycles. The van der Waals surface area contributed by atoms with Gasteiger partial charge in [-0.1, -0.05) is 31.9 Å². The third-order valence-corrected chi connectivity index (χ3v) is 5.48. The lowest BCUT2D eigenvalue weighted by atomic mass is 9.96. The number of nitrogens with one attached hydrogen (secondary N) is 2. The van der Waals surface area contributed by atoms with Crippen LogP contribution in [0, 0.1) is 18.3 Å². The first kappa shape index (κ1) is 32.0. The Morgan fingerprint density at radius 3 is 2.03 bits per heavy atom. The summed E-state index contributed by atoms with van der Waals surface area (Å²) < 4.78 is 5.29. The van der Waals surface area contributed by atoms with E-state index >= 15 is 0 Å². The number of rotatable bonds is 10. The molecule has 0 aliphatic heterocycles. The third-order valence-electron chi connectivity index (χ3n) is 5.48. The van der Waals surface area contributed by atoms with Gasteiger partial charge in [0.15, 0.2) is 0 Å². The van der Waals surface area contributed by atoms with Gasteiger partial charge in [-0.25, -0.2) is 4.79 Å². The predicted octanol–water partition coefficient (Wildman–Crippen LogP) is 4.16. The first-order valence-electron chi connectivity index (χ1n) is 12.8. The van der Waals surface area contributed by atoms with Gasteiger partial charge in [0.05, 0.1) is 6.61 Å². The van der Waals surface area contributed by atoms with Crippen molar-refractivity contribution in [3.63, 3.8) is 0 Å². The Bertz CT molecular complexity index is 952. The molecule has 0 spiro atoms. The van der Waals surface area contributed by atoms with Crippen LogP contribution in [0.5, 0.6) is 0 Å². The van der Waals surface area contributed by atoms with E-state index in [4.69, 9.17) is 11.2 Å². The molecular weight excluding hydrogens is 470 g/mol. The largest absolute Gasteiger partial charge is 0.444 e. The van der Waals surface area contributed by atoms with Crippen LogP contribution in [0.4, 0.5) is 4.79 Å². The van der Waals surface area contributed by atoms with Crippen LogP contribution in [0.3, 0.4) is 0 Å². The second kappa shape index (κ2) is 13.5. The first-order valence-corrected chi connectivity index (χ1v) is 12.8. The van der Waals surface area contributed by atoms with E-state index in [0.29, 0.717) is 23.5 Å². The number of aliphatic hydroxyl groups is 1. The van der Waals surface area contributed by atoms with E-state index in [0.717, 1.165) is 6.42 Å². The number of hydrogen-bond acceptors (Lipinski definition) is 5. The molecule has 0 aliphatic carbocycles. The maximum absolute atomic E-state index is 14.0.